The van der Waals surface area contributed by atoms with Gasteiger partial charge in [0.05, 0.1) is 0 Å². The maximum Gasteiger partial charge on any atom is 0.173 e. The molecule has 6 rings (SSSR count). The van der Waals surface area contributed by atoms with Gasteiger partial charge < -0.3 is 19.8 Å². The van der Waals surface area contributed by atoms with Crippen LogP contribution in [-0.4, -0.2) is 32.8 Å². The molecule has 0 saturated heterocycles. The zero-order valence-electron chi connectivity index (χ0n) is 15.8. The maximum absolute atomic E-state index is 9.45. The van der Waals surface area contributed by atoms with Gasteiger partial charge in [0.2, 0.25) is 0 Å². The van der Waals surface area contributed by atoms with E-state index in [0.29, 0.717) is 30.2 Å². The fourth-order valence-electron chi connectivity index (χ4n) is 3.77. The molecule has 8 heteroatoms. The number of rotatable bonds is 3. The number of anilines is 2. The van der Waals surface area contributed by atoms with Crippen molar-refractivity contribution in [3.8, 4) is 28.8 Å². The first-order valence-corrected chi connectivity index (χ1v) is 9.54. The Morgan fingerprint density at radius 3 is 2.87 bits per heavy atom. The van der Waals surface area contributed by atoms with Gasteiger partial charge in [0, 0.05) is 35.2 Å². The molecule has 0 bridgehead atoms. The predicted molar refractivity (Wildman–Crippen MR) is 112 cm³/mol. The van der Waals surface area contributed by atoms with E-state index in [9.17, 15) is 5.26 Å². The van der Waals surface area contributed by atoms with Crippen molar-refractivity contribution < 1.29 is 9.47 Å². The van der Waals surface area contributed by atoms with Crippen molar-refractivity contribution in [2.75, 3.05) is 18.5 Å². The van der Waals surface area contributed by atoms with Gasteiger partial charge in [-0.3, -0.25) is 5.10 Å². The highest BCUT2D eigenvalue weighted by Gasteiger charge is 2.20. The third-order valence-corrected chi connectivity index (χ3v) is 5.21. The van der Waals surface area contributed by atoms with Gasteiger partial charge in [-0.2, -0.15) is 5.26 Å². The molecule has 0 amide bonds. The molecule has 4 heterocycles. The largest absolute Gasteiger partial charge is 0.486 e. The predicted octanol–water partition coefficient (Wildman–Crippen LogP) is 4.20. The third-order valence-electron chi connectivity index (χ3n) is 5.21. The number of hydrogen-bond donors (Lipinski definition) is 3. The molecule has 8 nitrogen and oxygen atoms in total. The second-order valence-corrected chi connectivity index (χ2v) is 7.03. The molecule has 146 valence electrons. The second kappa shape index (κ2) is 6.32. The summed E-state index contributed by atoms with van der Waals surface area (Å²) < 4.78 is 13.1. The van der Waals surface area contributed by atoms with E-state index in [0.717, 1.165) is 39.4 Å². The van der Waals surface area contributed by atoms with E-state index in [1.165, 1.54) is 0 Å². The molecule has 1 aliphatic heterocycles. The minimum Gasteiger partial charge on any atom is -0.486 e. The van der Waals surface area contributed by atoms with Gasteiger partial charge in [-0.25, -0.2) is 9.50 Å². The summed E-state index contributed by atoms with van der Waals surface area (Å²) in [6.45, 7) is 1.07. The van der Waals surface area contributed by atoms with Gasteiger partial charge in [0.25, 0.3) is 0 Å². The molecule has 0 saturated carbocycles. The van der Waals surface area contributed by atoms with Crippen LogP contribution in [0.5, 0.6) is 11.5 Å². The molecule has 0 radical (unpaired) electrons. The van der Waals surface area contributed by atoms with Crippen LogP contribution in [-0.2, 0) is 0 Å². The lowest BCUT2D eigenvalue weighted by Crippen LogP contribution is -2.15. The van der Waals surface area contributed by atoms with Crippen molar-refractivity contribution in [3.63, 3.8) is 0 Å². The summed E-state index contributed by atoms with van der Waals surface area (Å²) in [6.07, 6.45) is 3.56. The van der Waals surface area contributed by atoms with Gasteiger partial charge in [-0.1, -0.05) is 12.1 Å². The van der Waals surface area contributed by atoms with Crippen molar-refractivity contribution in [1.29, 1.82) is 5.26 Å². The normalized spacial score (nSPS) is 12.9. The molecule has 0 unspecified atom stereocenters. The Labute approximate surface area is 170 Å². The van der Waals surface area contributed by atoms with Crippen LogP contribution in [0.3, 0.4) is 0 Å². The number of nitriles is 1. The molecule has 3 aromatic heterocycles. The molecular formula is C22H16N6O2. The Hall–Kier alpha value is -4.38. The number of imidazole rings is 1. The summed E-state index contributed by atoms with van der Waals surface area (Å²) in [5, 5.41) is 17.1. The van der Waals surface area contributed by atoms with E-state index in [-0.39, 0.29) is 0 Å². The van der Waals surface area contributed by atoms with E-state index in [4.69, 9.17) is 14.5 Å². The van der Waals surface area contributed by atoms with Crippen molar-refractivity contribution in [3.05, 3.63) is 60.4 Å². The van der Waals surface area contributed by atoms with Gasteiger partial charge in [0.15, 0.2) is 23.0 Å². The topological polar surface area (TPSA) is 103 Å². The summed E-state index contributed by atoms with van der Waals surface area (Å²) in [5.74, 6) is 2.16. The molecule has 30 heavy (non-hydrogen) atoms. The molecular weight excluding hydrogens is 380 g/mol. The van der Waals surface area contributed by atoms with Crippen molar-refractivity contribution >= 4 is 28.1 Å². The average molecular weight is 396 g/mol. The van der Waals surface area contributed by atoms with Gasteiger partial charge in [-0.05, 0) is 29.7 Å². The van der Waals surface area contributed by atoms with E-state index < -0.39 is 0 Å². The number of benzene rings is 2. The summed E-state index contributed by atoms with van der Waals surface area (Å²) in [5.41, 5.74) is 4.58. The SMILES string of the molecule is N#Cc1c[nH]n2c(Nc3ccc4c(c3)OCCO4)c(-c3ccc4cc[nH]c4c3)nc12. The number of fused-ring (bicyclic) bond motifs is 3. The van der Waals surface area contributed by atoms with Crippen LogP contribution in [0.4, 0.5) is 11.5 Å². The van der Waals surface area contributed by atoms with Crippen molar-refractivity contribution in [2.45, 2.75) is 0 Å². The number of ether oxygens (including phenoxy) is 2. The number of nitrogens with one attached hydrogen (secondary N) is 3. The van der Waals surface area contributed by atoms with E-state index in [1.54, 1.807) is 10.7 Å². The quantitative estimate of drug-likeness (QED) is 0.424. The number of nitrogens with zero attached hydrogens (tertiary/aromatic N) is 3. The molecule has 2 aromatic carbocycles. The molecule has 3 N–H and O–H groups in total. The second-order valence-electron chi connectivity index (χ2n) is 7.03. The molecule has 1 aliphatic rings. The standard InChI is InChI=1S/C22H16N6O2/c23-11-15-12-25-28-21(15)27-20(14-2-1-13-5-6-24-17(13)9-14)22(28)26-16-3-4-18-19(10-16)30-8-7-29-18/h1-6,9-10,12,24-26H,7-8H2. The zero-order valence-corrected chi connectivity index (χ0v) is 15.8. The van der Waals surface area contributed by atoms with Gasteiger partial charge in [-0.15, -0.1) is 0 Å². The highest BCUT2D eigenvalue weighted by atomic mass is 16.6. The summed E-state index contributed by atoms with van der Waals surface area (Å²) >= 11 is 0. The van der Waals surface area contributed by atoms with Crippen LogP contribution in [0.25, 0.3) is 27.8 Å². The minimum atomic E-state index is 0.479. The Morgan fingerprint density at radius 2 is 1.97 bits per heavy atom. The first-order chi connectivity index (χ1) is 14.8. The third kappa shape index (κ3) is 2.49. The summed E-state index contributed by atoms with van der Waals surface area (Å²) in [7, 11) is 0. The van der Waals surface area contributed by atoms with Crippen LogP contribution in [0.2, 0.25) is 0 Å². The van der Waals surface area contributed by atoms with Gasteiger partial charge in [0.1, 0.15) is 30.5 Å². The van der Waals surface area contributed by atoms with Gasteiger partial charge >= 0.3 is 0 Å². The fraction of sp³-hybridized carbons (Fsp3) is 0.0909. The summed E-state index contributed by atoms with van der Waals surface area (Å²) in [4.78, 5) is 8.00. The lowest BCUT2D eigenvalue weighted by Gasteiger charge is -2.19. The smallest absolute Gasteiger partial charge is 0.173 e. The van der Waals surface area contributed by atoms with Crippen LogP contribution < -0.4 is 14.8 Å². The Balaban J connectivity index is 1.50. The van der Waals surface area contributed by atoms with Crippen LogP contribution in [0.15, 0.2) is 54.9 Å². The summed E-state index contributed by atoms with van der Waals surface area (Å²) in [6, 6.07) is 16.1. The fourth-order valence-corrected chi connectivity index (χ4v) is 3.77. The van der Waals surface area contributed by atoms with E-state index in [1.807, 2.05) is 42.6 Å². The minimum absolute atomic E-state index is 0.479. The Bertz CT molecular complexity index is 1450. The molecule has 0 fully saturated rings. The number of H-pyrrole nitrogens is 2. The number of aromatic nitrogens is 4. The highest BCUT2D eigenvalue weighted by Crippen LogP contribution is 2.37. The number of aromatic amines is 2. The van der Waals surface area contributed by atoms with Crippen LogP contribution >= 0.6 is 0 Å². The zero-order chi connectivity index (χ0) is 20.1. The molecule has 5 aromatic rings. The highest BCUT2D eigenvalue weighted by molar-refractivity contribution is 5.88. The van der Waals surface area contributed by atoms with Crippen LogP contribution in [0, 0.1) is 11.3 Å². The van der Waals surface area contributed by atoms with E-state index >= 15 is 0 Å². The Kier molecular flexibility index (Phi) is 3.49. The maximum atomic E-state index is 9.45. The lowest BCUT2D eigenvalue weighted by atomic mass is 10.1. The lowest BCUT2D eigenvalue weighted by molar-refractivity contribution is 0.171. The van der Waals surface area contributed by atoms with Crippen molar-refractivity contribution in [2.24, 2.45) is 0 Å². The number of hydrogen-bond acceptors (Lipinski definition) is 5. The molecule has 0 aliphatic carbocycles. The van der Waals surface area contributed by atoms with Crippen molar-refractivity contribution in [1.82, 2.24) is 19.6 Å². The molecule has 0 atom stereocenters. The first kappa shape index (κ1) is 16.6. The Morgan fingerprint density at radius 1 is 1.07 bits per heavy atom. The first-order valence-electron chi connectivity index (χ1n) is 9.54. The van der Waals surface area contributed by atoms with E-state index in [2.05, 4.69) is 27.5 Å². The monoisotopic (exact) mass is 396 g/mol. The van der Waals surface area contributed by atoms with Crippen LogP contribution in [0.1, 0.15) is 5.56 Å². The average Bonchev–Trinajstić information content (AvgIpc) is 3.49. The molecule has 0 spiro atoms.